The Balaban J connectivity index is 1.57. The summed E-state index contributed by atoms with van der Waals surface area (Å²) in [6, 6.07) is 15.4. The molecule has 0 fully saturated rings. The number of aromatic amines is 1. The molecular formula is C23H26N9OS+. The number of benzene rings is 2. The first-order chi connectivity index (χ1) is 16.3. The van der Waals surface area contributed by atoms with Crippen molar-refractivity contribution in [2.24, 2.45) is 5.11 Å². The number of rotatable bonds is 6. The molecule has 0 saturated heterocycles. The summed E-state index contributed by atoms with van der Waals surface area (Å²) in [5.41, 5.74) is 3.42. The summed E-state index contributed by atoms with van der Waals surface area (Å²) >= 11 is 1.24. The van der Waals surface area contributed by atoms with Crippen molar-refractivity contribution >= 4 is 46.8 Å². The number of hydrogen-bond acceptors (Lipinski definition) is 9. The van der Waals surface area contributed by atoms with Crippen LogP contribution >= 0.6 is 11.5 Å². The van der Waals surface area contributed by atoms with Gasteiger partial charge in [-0.2, -0.15) is 15.0 Å². The van der Waals surface area contributed by atoms with Gasteiger partial charge < -0.3 is 15.1 Å². The normalized spacial score (nSPS) is 12.1. The third-order valence-electron chi connectivity index (χ3n) is 4.69. The van der Waals surface area contributed by atoms with Crippen molar-refractivity contribution in [2.45, 2.75) is 6.92 Å². The molecule has 0 unspecified atom stereocenters. The van der Waals surface area contributed by atoms with Gasteiger partial charge in [0.2, 0.25) is 29.4 Å². The van der Waals surface area contributed by atoms with Crippen LogP contribution in [0.4, 0.5) is 29.2 Å². The highest BCUT2D eigenvalue weighted by Gasteiger charge is 2.10. The minimum atomic E-state index is -0.184. The van der Waals surface area contributed by atoms with E-state index in [1.165, 1.54) is 15.4 Å². The first-order valence-electron chi connectivity index (χ1n) is 10.5. The highest BCUT2D eigenvalue weighted by Crippen LogP contribution is 2.20. The van der Waals surface area contributed by atoms with Crippen molar-refractivity contribution in [1.82, 2.24) is 20.1 Å². The standard InChI is InChI=1S/C23H25N9OS/c1-15-7-6-8-16(13-15)14-19-20(33)29-32(34-19)28-18-11-9-17(10-12-18)24-21-25-22(30(2)3)27-23(26-21)31(4)5/h6-14H,1-5H3,(H,29,33)/p+1/b19-14-. The van der Waals surface area contributed by atoms with Gasteiger partial charge in [0, 0.05) is 39.0 Å². The van der Waals surface area contributed by atoms with Crippen LogP contribution in [-0.4, -0.2) is 48.2 Å². The summed E-state index contributed by atoms with van der Waals surface area (Å²) < 4.78 is 2.04. The first kappa shape index (κ1) is 23.1. The predicted molar refractivity (Wildman–Crippen MR) is 135 cm³/mol. The highest BCUT2D eigenvalue weighted by atomic mass is 32.1. The molecule has 0 bridgehead atoms. The number of nitrogens with zero attached hydrogens (tertiary/aromatic N) is 7. The van der Waals surface area contributed by atoms with Gasteiger partial charge >= 0.3 is 5.56 Å². The lowest BCUT2D eigenvalue weighted by Crippen LogP contribution is -2.22. The SMILES string of the molecule is Cc1cccc(/C=c2\s[n+](=Nc3ccc(Nc4nc(N(C)C)nc(N(C)C)n4)cc3)[nH]c2=O)c1. The van der Waals surface area contributed by atoms with Crippen LogP contribution < -0.4 is 29.1 Å². The summed E-state index contributed by atoms with van der Waals surface area (Å²) in [4.78, 5) is 29.3. The minimum absolute atomic E-state index is 0.184. The Labute approximate surface area is 200 Å². The Morgan fingerprint density at radius 1 is 1.00 bits per heavy atom. The van der Waals surface area contributed by atoms with Crippen molar-refractivity contribution in [3.63, 3.8) is 0 Å². The van der Waals surface area contributed by atoms with Gasteiger partial charge in [-0.25, -0.2) is 0 Å². The fourth-order valence-electron chi connectivity index (χ4n) is 3.00. The van der Waals surface area contributed by atoms with Gasteiger partial charge in [-0.15, -0.1) is 0 Å². The van der Waals surface area contributed by atoms with Crippen molar-refractivity contribution < 1.29 is 3.87 Å². The Bertz CT molecular complexity index is 1450. The van der Waals surface area contributed by atoms with Crippen LogP contribution in [0.25, 0.3) is 6.08 Å². The Kier molecular flexibility index (Phi) is 6.64. The van der Waals surface area contributed by atoms with E-state index in [1.807, 2.05) is 99.5 Å². The molecule has 2 aromatic carbocycles. The number of aryl methyl sites for hydroxylation is 1. The molecule has 0 aliphatic carbocycles. The maximum Gasteiger partial charge on any atom is 0.325 e. The lowest BCUT2D eigenvalue weighted by atomic mass is 10.1. The van der Waals surface area contributed by atoms with Gasteiger partial charge in [0.15, 0.2) is 4.53 Å². The van der Waals surface area contributed by atoms with Crippen molar-refractivity contribution in [2.75, 3.05) is 43.3 Å². The molecule has 4 rings (SSSR count). The molecule has 2 aromatic heterocycles. The number of nitrogens with one attached hydrogen (secondary N) is 2. The lowest BCUT2D eigenvalue weighted by Gasteiger charge is -2.16. The molecule has 0 aliphatic rings. The molecule has 10 nitrogen and oxygen atoms in total. The average Bonchev–Trinajstić information content (AvgIpc) is 3.13. The van der Waals surface area contributed by atoms with Gasteiger partial charge in [-0.3, -0.25) is 4.79 Å². The van der Waals surface area contributed by atoms with Crippen molar-refractivity contribution in [3.8, 4) is 0 Å². The van der Waals surface area contributed by atoms with Gasteiger partial charge in [-0.1, -0.05) is 34.9 Å². The predicted octanol–water partition coefficient (Wildman–Crippen LogP) is 2.29. The molecule has 2 N–H and O–H groups in total. The van der Waals surface area contributed by atoms with E-state index in [9.17, 15) is 4.79 Å². The summed E-state index contributed by atoms with van der Waals surface area (Å²) in [7, 11) is 7.52. The lowest BCUT2D eigenvalue weighted by molar-refractivity contribution is -0.537. The highest BCUT2D eigenvalue weighted by molar-refractivity contribution is 6.99. The molecule has 0 amide bonds. The molecular weight excluding hydrogens is 450 g/mol. The zero-order chi connectivity index (χ0) is 24.2. The smallest absolute Gasteiger partial charge is 0.325 e. The molecule has 0 saturated carbocycles. The summed E-state index contributed by atoms with van der Waals surface area (Å²) in [6.07, 6.45) is 1.86. The van der Waals surface area contributed by atoms with E-state index in [-0.39, 0.29) is 5.56 Å². The number of H-pyrrole nitrogens is 1. The van der Waals surface area contributed by atoms with Gasteiger partial charge in [0.25, 0.3) is 0 Å². The molecule has 34 heavy (non-hydrogen) atoms. The largest absolute Gasteiger partial charge is 0.347 e. The van der Waals surface area contributed by atoms with Gasteiger partial charge in [0.1, 0.15) is 9.56 Å². The number of anilines is 4. The molecule has 0 atom stereocenters. The maximum absolute atomic E-state index is 12.3. The van der Waals surface area contributed by atoms with E-state index in [1.54, 1.807) is 0 Å². The summed E-state index contributed by atoms with van der Waals surface area (Å²) in [6.45, 7) is 2.02. The van der Waals surface area contributed by atoms with Crippen LogP contribution in [0, 0.1) is 6.92 Å². The van der Waals surface area contributed by atoms with Crippen molar-refractivity contribution in [3.05, 3.63) is 74.5 Å². The van der Waals surface area contributed by atoms with E-state index in [0.29, 0.717) is 28.1 Å². The maximum atomic E-state index is 12.3. The topological polar surface area (TPSA) is 108 Å². The van der Waals surface area contributed by atoms with Crippen LogP contribution in [-0.2, 0) is 0 Å². The third kappa shape index (κ3) is 5.62. The molecule has 2 heterocycles. The second kappa shape index (κ2) is 9.79. The van der Waals surface area contributed by atoms with Crippen LogP contribution in [0.3, 0.4) is 0 Å². The Morgan fingerprint density at radius 3 is 2.29 bits per heavy atom. The Morgan fingerprint density at radius 2 is 1.68 bits per heavy atom. The molecule has 0 aliphatic heterocycles. The molecule has 0 spiro atoms. The zero-order valence-corrected chi connectivity index (χ0v) is 20.5. The second-order valence-corrected chi connectivity index (χ2v) is 9.02. The van der Waals surface area contributed by atoms with Crippen LogP contribution in [0.5, 0.6) is 0 Å². The van der Waals surface area contributed by atoms with Crippen molar-refractivity contribution in [1.29, 1.82) is 0 Å². The van der Waals surface area contributed by atoms with E-state index in [0.717, 1.165) is 16.8 Å². The van der Waals surface area contributed by atoms with E-state index in [2.05, 4.69) is 30.5 Å². The third-order valence-corrected chi connectivity index (χ3v) is 5.53. The quantitative estimate of drug-likeness (QED) is 0.411. The number of hydrogen-bond donors (Lipinski definition) is 2. The first-order valence-corrected chi connectivity index (χ1v) is 11.3. The molecule has 11 heteroatoms. The second-order valence-electron chi connectivity index (χ2n) is 8.05. The number of aromatic nitrogens is 5. The van der Waals surface area contributed by atoms with Crippen LogP contribution in [0.15, 0.2) is 58.4 Å². The fourth-order valence-corrected chi connectivity index (χ4v) is 3.77. The van der Waals surface area contributed by atoms with Gasteiger partial charge in [-0.05, 0) is 42.8 Å². The van der Waals surface area contributed by atoms with E-state index >= 15 is 0 Å². The Hall–Kier alpha value is -4.12. The van der Waals surface area contributed by atoms with Gasteiger partial charge in [0.05, 0.1) is 0 Å². The van der Waals surface area contributed by atoms with Crippen LogP contribution in [0.1, 0.15) is 11.1 Å². The zero-order valence-electron chi connectivity index (χ0n) is 19.6. The monoisotopic (exact) mass is 476 g/mol. The van der Waals surface area contributed by atoms with E-state index < -0.39 is 0 Å². The van der Waals surface area contributed by atoms with Crippen LogP contribution in [0.2, 0.25) is 0 Å². The summed E-state index contributed by atoms with van der Waals surface area (Å²) in [5.74, 6) is 1.56. The minimum Gasteiger partial charge on any atom is -0.347 e. The molecule has 0 radical (unpaired) electrons. The average molecular weight is 477 g/mol. The fraction of sp³-hybridized carbons (Fsp3) is 0.217. The van der Waals surface area contributed by atoms with E-state index in [4.69, 9.17) is 0 Å². The summed E-state index contributed by atoms with van der Waals surface area (Å²) in [5, 5.41) is 10.4. The molecule has 4 aromatic rings. The molecule has 174 valence electrons.